The van der Waals surface area contributed by atoms with E-state index in [2.05, 4.69) is 5.32 Å². The molecule has 0 heterocycles. The summed E-state index contributed by atoms with van der Waals surface area (Å²) < 4.78 is 14.6. The van der Waals surface area contributed by atoms with Gasteiger partial charge in [-0.3, -0.25) is 0 Å². The van der Waals surface area contributed by atoms with Crippen molar-refractivity contribution in [1.82, 2.24) is 0 Å². The van der Waals surface area contributed by atoms with Gasteiger partial charge in [0.1, 0.15) is 0 Å². The van der Waals surface area contributed by atoms with Gasteiger partial charge in [0.05, 0.1) is 5.91 Å². The van der Waals surface area contributed by atoms with Gasteiger partial charge in [0.25, 0.3) is 0 Å². The quantitative estimate of drug-likeness (QED) is 0.640. The van der Waals surface area contributed by atoms with Crippen LogP contribution in [0, 0.1) is 5.41 Å². The fourth-order valence-electron chi connectivity index (χ4n) is 1.81. The first-order valence-corrected chi connectivity index (χ1v) is 6.14. The van der Waals surface area contributed by atoms with Crippen LogP contribution in [-0.2, 0) is 4.79 Å². The molecule has 0 aromatic heterocycles. The number of amides is 1. The number of hydrogen-bond acceptors (Lipinski definition) is 1. The zero-order valence-corrected chi connectivity index (χ0v) is 15.4. The van der Waals surface area contributed by atoms with Crippen LogP contribution in [0.3, 0.4) is 0 Å². The van der Waals surface area contributed by atoms with E-state index >= 15 is 0 Å². The molecule has 0 radical (unpaired) electrons. The topological polar surface area (TPSA) is 31.2 Å². The Morgan fingerprint density at radius 3 is 2.18 bits per heavy atom. The van der Waals surface area contributed by atoms with Crippen molar-refractivity contribution in [1.29, 1.82) is 0 Å². The van der Waals surface area contributed by atoms with Gasteiger partial charge in [-0.25, -0.2) is 4.39 Å². The summed E-state index contributed by atoms with van der Waals surface area (Å²) in [5.41, 5.74) is -1.91. The van der Waals surface area contributed by atoms with Crippen molar-refractivity contribution in [2.75, 3.05) is 7.05 Å². The van der Waals surface area contributed by atoms with E-state index in [4.69, 9.17) is 0 Å². The summed E-state index contributed by atoms with van der Waals surface area (Å²) in [4.78, 5) is 11.6. The summed E-state index contributed by atoms with van der Waals surface area (Å²) >= 11 is 0. The molecule has 0 aliphatic rings. The average molecular weight is 269 g/mol. The van der Waals surface area contributed by atoms with Crippen LogP contribution < -0.4 is 51.4 Å². The predicted molar refractivity (Wildman–Crippen MR) is 66.3 cm³/mol. The Labute approximate surface area is 148 Å². The number of halogens is 1. The fraction of sp³-hybridized carbons (Fsp3) is 0.923. The molecule has 0 N–H and O–H groups in total. The summed E-state index contributed by atoms with van der Waals surface area (Å²) in [6.07, 6.45) is 3.06. The molecule has 0 spiro atoms. The minimum absolute atomic E-state index is 0. The van der Waals surface area contributed by atoms with Gasteiger partial charge in [0.2, 0.25) is 0 Å². The Bertz CT molecular complexity index is 233. The van der Waals surface area contributed by atoms with Gasteiger partial charge < -0.3 is 10.1 Å². The van der Waals surface area contributed by atoms with Crippen molar-refractivity contribution in [3.8, 4) is 0 Å². The number of carbonyl (C=O) groups is 1. The van der Waals surface area contributed by atoms with Gasteiger partial charge in [0, 0.05) is 0 Å². The van der Waals surface area contributed by atoms with Gasteiger partial charge in [-0.1, -0.05) is 47.0 Å². The van der Waals surface area contributed by atoms with E-state index in [1.54, 1.807) is 0 Å². The van der Waals surface area contributed by atoms with E-state index in [1.165, 1.54) is 7.05 Å². The first-order valence-electron chi connectivity index (χ1n) is 6.14. The molecule has 17 heavy (non-hydrogen) atoms. The Balaban J connectivity index is 0. The Morgan fingerprint density at radius 2 is 1.82 bits per heavy atom. The van der Waals surface area contributed by atoms with E-state index < -0.39 is 11.6 Å². The minimum atomic E-state index is -1.76. The van der Waals surface area contributed by atoms with Crippen LogP contribution in [-0.4, -0.2) is 18.6 Å². The molecule has 0 saturated carbocycles. The second-order valence-corrected chi connectivity index (χ2v) is 5.29. The van der Waals surface area contributed by atoms with E-state index in [0.29, 0.717) is 6.42 Å². The zero-order valence-electron chi connectivity index (χ0n) is 12.3. The maximum atomic E-state index is 14.6. The predicted octanol–water partition coefficient (Wildman–Crippen LogP) is 1.25. The molecule has 0 saturated heterocycles. The molecule has 2 nitrogen and oxygen atoms in total. The van der Waals surface area contributed by atoms with Crippen molar-refractivity contribution in [2.45, 2.75) is 65.5 Å². The molecule has 0 rings (SSSR count). The van der Waals surface area contributed by atoms with Crippen LogP contribution in [0.4, 0.5) is 4.39 Å². The van der Waals surface area contributed by atoms with Crippen molar-refractivity contribution in [3.05, 3.63) is 5.32 Å². The summed E-state index contributed by atoms with van der Waals surface area (Å²) in [6.45, 7) is 8.01. The summed E-state index contributed by atoms with van der Waals surface area (Å²) in [7, 11) is 1.38. The average Bonchev–Trinajstić information content (AvgIpc) is 2.24. The molecule has 1 amide bonds. The molecular weight excluding hydrogens is 244 g/mol. The van der Waals surface area contributed by atoms with Gasteiger partial charge in [-0.2, -0.15) is 0 Å². The largest absolute Gasteiger partial charge is 1.00 e. The number of carbonyl (C=O) groups excluding carboxylic acids is 1. The first-order chi connectivity index (χ1) is 7.31. The molecule has 0 fully saturated rings. The normalized spacial score (nSPS) is 14.7. The third-order valence-electron chi connectivity index (χ3n) is 3.23. The number of alkyl halides is 1. The number of hydrogen-bond donors (Lipinski definition) is 0. The Kier molecular flexibility index (Phi) is 10.8. The van der Waals surface area contributed by atoms with Crippen molar-refractivity contribution in [2.24, 2.45) is 5.41 Å². The second kappa shape index (κ2) is 9.02. The number of rotatable bonds is 7. The molecule has 1 unspecified atom stereocenters. The SMILES string of the molecule is CCCCC(F)(CC(C)(C)CC)C(=O)[N-]C.[K+]. The Hall–Kier alpha value is 1.04. The third-order valence-corrected chi connectivity index (χ3v) is 3.23. The van der Waals surface area contributed by atoms with Gasteiger partial charge in [-0.05, 0) is 18.3 Å². The standard InChI is InChI=1S/C13H26FNO.K/c1-6-8-9-13(14,11(16)15-5)10-12(3,4)7-2;/h6-10H2,1-5H3,(H,15,16);/q;+1/p-1. The molecule has 0 aliphatic carbocycles. The summed E-state index contributed by atoms with van der Waals surface area (Å²) in [6, 6.07) is 0. The molecule has 1 atom stereocenters. The van der Waals surface area contributed by atoms with E-state index in [9.17, 15) is 9.18 Å². The second-order valence-electron chi connectivity index (χ2n) is 5.29. The molecule has 0 aromatic rings. The smallest absolute Gasteiger partial charge is 0.653 e. The van der Waals surface area contributed by atoms with Crippen molar-refractivity contribution < 1.29 is 60.6 Å². The van der Waals surface area contributed by atoms with E-state index in [-0.39, 0.29) is 63.2 Å². The molecule has 0 bridgehead atoms. The Morgan fingerprint density at radius 1 is 1.29 bits per heavy atom. The van der Waals surface area contributed by atoms with Crippen LogP contribution in [0.15, 0.2) is 0 Å². The molecule has 4 heteroatoms. The van der Waals surface area contributed by atoms with Crippen molar-refractivity contribution in [3.63, 3.8) is 0 Å². The van der Waals surface area contributed by atoms with Crippen molar-refractivity contribution >= 4 is 5.91 Å². The van der Waals surface area contributed by atoms with Crippen LogP contribution in [0.2, 0.25) is 0 Å². The minimum Gasteiger partial charge on any atom is -0.653 e. The van der Waals surface area contributed by atoms with Gasteiger partial charge >= 0.3 is 51.4 Å². The van der Waals surface area contributed by atoms with Gasteiger partial charge in [0.15, 0.2) is 5.67 Å². The maximum Gasteiger partial charge on any atom is 1.00 e. The molecule has 0 aromatic carbocycles. The fourth-order valence-corrected chi connectivity index (χ4v) is 1.81. The molecular formula is C13H25FKNO. The van der Waals surface area contributed by atoms with E-state index in [1.807, 2.05) is 27.7 Å². The van der Waals surface area contributed by atoms with E-state index in [0.717, 1.165) is 19.3 Å². The summed E-state index contributed by atoms with van der Waals surface area (Å²) in [5.74, 6) is -0.595. The van der Waals surface area contributed by atoms with Crippen LogP contribution in [0.25, 0.3) is 5.32 Å². The molecule has 0 aliphatic heterocycles. The first kappa shape index (κ1) is 20.4. The number of nitrogens with zero attached hydrogens (tertiary/aromatic N) is 1. The zero-order chi connectivity index (χ0) is 12.8. The summed E-state index contributed by atoms with van der Waals surface area (Å²) in [5, 5.41) is 3.52. The third kappa shape index (κ3) is 7.26. The molecule has 96 valence electrons. The van der Waals surface area contributed by atoms with Crippen LogP contribution >= 0.6 is 0 Å². The maximum absolute atomic E-state index is 14.6. The monoisotopic (exact) mass is 269 g/mol. The van der Waals surface area contributed by atoms with Gasteiger partial charge in [-0.15, -0.1) is 7.05 Å². The number of unbranched alkanes of at least 4 members (excludes halogenated alkanes) is 1. The van der Waals surface area contributed by atoms with Crippen LogP contribution in [0.1, 0.15) is 59.8 Å². The van der Waals surface area contributed by atoms with Crippen LogP contribution in [0.5, 0.6) is 0 Å².